The average Bonchev–Trinajstić information content (AvgIpc) is 2.92. The molecule has 0 spiro atoms. The summed E-state index contributed by atoms with van der Waals surface area (Å²) in [6.45, 7) is 8.17. The molecule has 0 bridgehead atoms. The van der Waals surface area contributed by atoms with Crippen LogP contribution < -0.4 is 10.6 Å². The summed E-state index contributed by atoms with van der Waals surface area (Å²) >= 11 is 0. The molecule has 0 aliphatic carbocycles. The summed E-state index contributed by atoms with van der Waals surface area (Å²) in [5.74, 6) is 1.60. The van der Waals surface area contributed by atoms with Crippen LogP contribution in [0.5, 0.6) is 0 Å². The van der Waals surface area contributed by atoms with Crippen molar-refractivity contribution >= 4 is 16.0 Å². The highest BCUT2D eigenvalue weighted by atomic mass is 32.2. The second-order valence-corrected chi connectivity index (χ2v) is 9.36. The third kappa shape index (κ3) is 5.99. The number of benzene rings is 1. The van der Waals surface area contributed by atoms with Gasteiger partial charge in [-0.1, -0.05) is 38.1 Å². The van der Waals surface area contributed by atoms with Crippen LogP contribution in [0, 0.1) is 5.92 Å². The van der Waals surface area contributed by atoms with E-state index in [1.807, 2.05) is 0 Å². The van der Waals surface area contributed by atoms with Crippen LogP contribution in [-0.2, 0) is 16.4 Å². The van der Waals surface area contributed by atoms with Crippen LogP contribution in [0.25, 0.3) is 0 Å². The Kier molecular flexibility index (Phi) is 7.46. The third-order valence-corrected chi connectivity index (χ3v) is 6.51. The number of guanidine groups is 1. The molecule has 0 aromatic heterocycles. The van der Waals surface area contributed by atoms with Crippen molar-refractivity contribution in [1.29, 1.82) is 0 Å². The molecule has 1 saturated heterocycles. The lowest BCUT2D eigenvalue weighted by molar-refractivity contribution is 0.444. The molecule has 1 heterocycles. The molecule has 1 aliphatic heterocycles. The number of hydrogen-bond donors (Lipinski definition) is 2. The number of aliphatic imine (C=N–C) groups is 1. The van der Waals surface area contributed by atoms with Crippen LogP contribution in [0.1, 0.15) is 44.4 Å². The topological polar surface area (TPSA) is 73.8 Å². The Bertz CT molecular complexity index is 699. The van der Waals surface area contributed by atoms with Crippen molar-refractivity contribution in [2.75, 3.05) is 32.4 Å². The summed E-state index contributed by atoms with van der Waals surface area (Å²) in [5.41, 5.74) is 2.55. The maximum absolute atomic E-state index is 11.8. The number of hydrogen-bond acceptors (Lipinski definition) is 3. The van der Waals surface area contributed by atoms with E-state index in [0.717, 1.165) is 12.8 Å². The van der Waals surface area contributed by atoms with Gasteiger partial charge in [-0.05, 0) is 36.8 Å². The van der Waals surface area contributed by atoms with E-state index in [9.17, 15) is 8.42 Å². The molecule has 1 aromatic rings. The van der Waals surface area contributed by atoms with Crippen LogP contribution in [0.15, 0.2) is 29.3 Å². The van der Waals surface area contributed by atoms with Gasteiger partial charge in [-0.15, -0.1) is 0 Å². The molecule has 2 N–H and O–H groups in total. The average molecular weight is 381 g/mol. The van der Waals surface area contributed by atoms with Crippen LogP contribution in [0.4, 0.5) is 0 Å². The van der Waals surface area contributed by atoms with E-state index in [4.69, 9.17) is 0 Å². The van der Waals surface area contributed by atoms with Gasteiger partial charge in [0.15, 0.2) is 5.96 Å². The normalized spacial score (nSPS) is 18.9. The van der Waals surface area contributed by atoms with E-state index in [-0.39, 0.29) is 11.8 Å². The zero-order valence-corrected chi connectivity index (χ0v) is 17.1. The molecule has 1 unspecified atom stereocenters. The van der Waals surface area contributed by atoms with Crippen molar-refractivity contribution in [3.63, 3.8) is 0 Å². The van der Waals surface area contributed by atoms with E-state index in [1.165, 1.54) is 11.1 Å². The highest BCUT2D eigenvalue weighted by Gasteiger charge is 2.27. The van der Waals surface area contributed by atoms with E-state index in [2.05, 4.69) is 60.7 Å². The van der Waals surface area contributed by atoms with Crippen molar-refractivity contribution < 1.29 is 8.42 Å². The SMILES string of the molecule is CN=C(NCCN1CCCS1(=O)=O)NC(C)c1ccc(CC(C)C)cc1. The van der Waals surface area contributed by atoms with Crippen molar-refractivity contribution in [1.82, 2.24) is 14.9 Å². The highest BCUT2D eigenvalue weighted by molar-refractivity contribution is 7.89. The second-order valence-electron chi connectivity index (χ2n) is 7.27. The Morgan fingerprint density at radius 1 is 1.23 bits per heavy atom. The lowest BCUT2D eigenvalue weighted by atomic mass is 10.00. The van der Waals surface area contributed by atoms with Gasteiger partial charge in [-0.3, -0.25) is 4.99 Å². The highest BCUT2D eigenvalue weighted by Crippen LogP contribution is 2.15. The minimum atomic E-state index is -3.04. The molecule has 146 valence electrons. The van der Waals surface area contributed by atoms with Gasteiger partial charge in [0.05, 0.1) is 11.8 Å². The van der Waals surface area contributed by atoms with Crippen molar-refractivity contribution in [2.24, 2.45) is 10.9 Å². The molecule has 0 amide bonds. The van der Waals surface area contributed by atoms with Crippen molar-refractivity contribution in [2.45, 2.75) is 39.7 Å². The van der Waals surface area contributed by atoms with E-state index in [0.29, 0.717) is 31.5 Å². The first kappa shape index (κ1) is 20.7. The van der Waals surface area contributed by atoms with Crippen LogP contribution >= 0.6 is 0 Å². The van der Waals surface area contributed by atoms with Gasteiger partial charge in [0.25, 0.3) is 0 Å². The van der Waals surface area contributed by atoms with E-state index < -0.39 is 10.0 Å². The molecule has 1 aromatic carbocycles. The Balaban J connectivity index is 1.83. The van der Waals surface area contributed by atoms with Gasteiger partial charge in [-0.2, -0.15) is 0 Å². The maximum Gasteiger partial charge on any atom is 0.214 e. The summed E-state index contributed by atoms with van der Waals surface area (Å²) in [4.78, 5) is 4.24. The minimum absolute atomic E-state index is 0.116. The van der Waals surface area contributed by atoms with Gasteiger partial charge >= 0.3 is 0 Å². The van der Waals surface area contributed by atoms with Gasteiger partial charge in [0.1, 0.15) is 0 Å². The predicted octanol–water partition coefficient (Wildman–Crippen LogP) is 2.15. The molecular formula is C19H32N4O2S. The Labute approximate surface area is 158 Å². The minimum Gasteiger partial charge on any atom is -0.355 e. The fourth-order valence-electron chi connectivity index (χ4n) is 3.14. The Morgan fingerprint density at radius 3 is 2.46 bits per heavy atom. The largest absolute Gasteiger partial charge is 0.355 e. The molecule has 7 heteroatoms. The van der Waals surface area contributed by atoms with Crippen LogP contribution in [-0.4, -0.2) is 51.1 Å². The van der Waals surface area contributed by atoms with Crippen molar-refractivity contribution in [3.05, 3.63) is 35.4 Å². The molecule has 26 heavy (non-hydrogen) atoms. The Hall–Kier alpha value is -1.60. The number of sulfonamides is 1. The predicted molar refractivity (Wildman–Crippen MR) is 108 cm³/mol. The second kappa shape index (κ2) is 9.37. The fourth-order valence-corrected chi connectivity index (χ4v) is 4.67. The van der Waals surface area contributed by atoms with Crippen LogP contribution in [0.2, 0.25) is 0 Å². The summed E-state index contributed by atoms with van der Waals surface area (Å²) < 4.78 is 25.2. The maximum atomic E-state index is 11.8. The third-order valence-electron chi connectivity index (χ3n) is 4.56. The van der Waals surface area contributed by atoms with Crippen LogP contribution in [0.3, 0.4) is 0 Å². The van der Waals surface area contributed by atoms with Crippen molar-refractivity contribution in [3.8, 4) is 0 Å². The number of nitrogens with zero attached hydrogens (tertiary/aromatic N) is 2. The van der Waals surface area contributed by atoms with E-state index >= 15 is 0 Å². The first-order valence-electron chi connectivity index (χ1n) is 9.35. The summed E-state index contributed by atoms with van der Waals surface area (Å²) in [7, 11) is -1.32. The lowest BCUT2D eigenvalue weighted by Gasteiger charge is -2.20. The molecule has 0 radical (unpaired) electrons. The Morgan fingerprint density at radius 2 is 1.92 bits per heavy atom. The fraction of sp³-hybridized carbons (Fsp3) is 0.632. The summed E-state index contributed by atoms with van der Waals surface area (Å²) in [6, 6.07) is 8.79. The zero-order valence-electron chi connectivity index (χ0n) is 16.3. The van der Waals surface area contributed by atoms with Gasteiger partial charge < -0.3 is 10.6 Å². The monoisotopic (exact) mass is 380 g/mol. The number of rotatable bonds is 7. The van der Waals surface area contributed by atoms with Gasteiger partial charge in [0, 0.05) is 26.7 Å². The smallest absolute Gasteiger partial charge is 0.214 e. The molecule has 1 aliphatic rings. The molecule has 2 rings (SSSR count). The molecule has 6 nitrogen and oxygen atoms in total. The first-order valence-corrected chi connectivity index (χ1v) is 11.0. The molecule has 1 atom stereocenters. The molecule has 1 fully saturated rings. The van der Waals surface area contributed by atoms with E-state index in [1.54, 1.807) is 11.4 Å². The zero-order chi connectivity index (χ0) is 19.2. The quantitative estimate of drug-likeness (QED) is 0.561. The standard InChI is InChI=1S/C19H32N4O2S/c1-15(2)14-17-6-8-18(9-7-17)16(3)22-19(20-4)21-10-12-23-11-5-13-26(23,24)25/h6-9,15-16H,5,10-14H2,1-4H3,(H2,20,21,22). The number of nitrogens with one attached hydrogen (secondary N) is 2. The molecule has 0 saturated carbocycles. The van der Waals surface area contributed by atoms with Gasteiger partial charge in [0.2, 0.25) is 10.0 Å². The summed E-state index contributed by atoms with van der Waals surface area (Å²) in [5, 5.41) is 6.57. The molecular weight excluding hydrogens is 348 g/mol. The first-order chi connectivity index (χ1) is 12.3. The van der Waals surface area contributed by atoms with Gasteiger partial charge in [-0.25, -0.2) is 12.7 Å². The summed E-state index contributed by atoms with van der Waals surface area (Å²) in [6.07, 6.45) is 1.81. The lowest BCUT2D eigenvalue weighted by Crippen LogP contribution is -2.42.